The smallest absolute Gasteiger partial charge is 0.337 e. The van der Waals surface area contributed by atoms with Crippen molar-refractivity contribution in [2.45, 2.75) is 13.8 Å². The van der Waals surface area contributed by atoms with Gasteiger partial charge in [0.1, 0.15) is 11.5 Å². The molecule has 0 aliphatic carbocycles. The Morgan fingerprint density at radius 1 is 1.35 bits per heavy atom. The maximum Gasteiger partial charge on any atom is 0.337 e. The van der Waals surface area contributed by atoms with Crippen LogP contribution in [0.5, 0.6) is 0 Å². The number of para-hydroxylation sites is 1. The minimum atomic E-state index is -1.18. The van der Waals surface area contributed by atoms with Gasteiger partial charge in [-0.3, -0.25) is 9.36 Å². The Kier molecular flexibility index (Phi) is 3.63. The van der Waals surface area contributed by atoms with Crippen LogP contribution in [0.4, 0.5) is 4.39 Å². The van der Waals surface area contributed by atoms with Crippen LogP contribution in [0.3, 0.4) is 0 Å². The van der Waals surface area contributed by atoms with Crippen LogP contribution in [0.25, 0.3) is 5.69 Å². The molecular weight excluding hydrogens is 285 g/mol. The third-order valence-electron chi connectivity index (χ3n) is 3.03. The van der Waals surface area contributed by atoms with Gasteiger partial charge in [-0.25, -0.2) is 9.18 Å². The van der Waals surface area contributed by atoms with E-state index in [1.54, 1.807) is 0 Å². The number of hydrogen-bond acceptors (Lipinski definition) is 2. The summed E-state index contributed by atoms with van der Waals surface area (Å²) in [7, 11) is 0. The second-order valence-electron chi connectivity index (χ2n) is 4.34. The molecule has 0 aliphatic heterocycles. The average molecular weight is 296 g/mol. The van der Waals surface area contributed by atoms with Crippen LogP contribution in [0.15, 0.2) is 29.1 Å². The fourth-order valence-corrected chi connectivity index (χ4v) is 2.44. The normalized spacial score (nSPS) is 10.6. The van der Waals surface area contributed by atoms with Gasteiger partial charge in [0.05, 0.1) is 10.6 Å². The molecule has 0 amide bonds. The molecule has 0 radical (unpaired) electrons. The summed E-state index contributed by atoms with van der Waals surface area (Å²) in [5, 5.41) is 9.24. The Balaban J connectivity index is 2.92. The van der Waals surface area contributed by atoms with Crippen molar-refractivity contribution in [1.82, 2.24) is 4.57 Å². The van der Waals surface area contributed by atoms with Gasteiger partial charge in [0.15, 0.2) is 0 Å². The summed E-state index contributed by atoms with van der Waals surface area (Å²) in [6.45, 7) is 2.96. The highest BCUT2D eigenvalue weighted by atomic mass is 35.5. The number of rotatable bonds is 2. The molecule has 4 nitrogen and oxygen atoms in total. The van der Waals surface area contributed by atoms with Crippen molar-refractivity contribution in [3.8, 4) is 5.69 Å². The lowest BCUT2D eigenvalue weighted by Gasteiger charge is -2.15. The van der Waals surface area contributed by atoms with Gasteiger partial charge in [0.2, 0.25) is 0 Å². The van der Waals surface area contributed by atoms with Crippen LogP contribution in [0.1, 0.15) is 21.6 Å². The van der Waals surface area contributed by atoms with Gasteiger partial charge in [0.25, 0.3) is 5.56 Å². The Hall–Kier alpha value is -2.14. The van der Waals surface area contributed by atoms with Crippen LogP contribution < -0.4 is 5.56 Å². The molecule has 1 aromatic heterocycles. The van der Waals surface area contributed by atoms with E-state index in [9.17, 15) is 19.1 Å². The first-order valence-electron chi connectivity index (χ1n) is 5.75. The molecular formula is C14H11ClFNO3. The molecule has 0 saturated carbocycles. The number of pyridine rings is 1. The molecule has 0 spiro atoms. The van der Waals surface area contributed by atoms with E-state index in [4.69, 9.17) is 11.6 Å². The number of hydrogen-bond donors (Lipinski definition) is 1. The van der Waals surface area contributed by atoms with E-state index in [1.165, 1.54) is 26.0 Å². The molecule has 2 aromatic rings. The summed E-state index contributed by atoms with van der Waals surface area (Å²) in [5.41, 5.74) is -0.252. The highest BCUT2D eigenvalue weighted by Gasteiger charge is 2.20. The molecule has 0 aliphatic rings. The molecule has 0 bridgehead atoms. The minimum absolute atomic E-state index is 0.0374. The van der Waals surface area contributed by atoms with Gasteiger partial charge < -0.3 is 5.11 Å². The molecule has 0 atom stereocenters. The minimum Gasteiger partial charge on any atom is -0.478 e. The zero-order valence-corrected chi connectivity index (χ0v) is 11.5. The SMILES string of the molecule is Cc1cc(=O)n(-c2c(F)cccc2Cl)c(C)c1C(=O)O. The quantitative estimate of drug-likeness (QED) is 0.926. The van der Waals surface area contributed by atoms with Gasteiger partial charge >= 0.3 is 5.97 Å². The average Bonchev–Trinajstić information content (AvgIpc) is 2.31. The molecule has 1 heterocycles. The third kappa shape index (κ3) is 2.20. The number of aromatic carboxylic acids is 1. The summed E-state index contributed by atoms with van der Waals surface area (Å²) in [6.07, 6.45) is 0. The maximum atomic E-state index is 13.9. The van der Waals surface area contributed by atoms with Gasteiger partial charge in [-0.15, -0.1) is 0 Å². The van der Waals surface area contributed by atoms with Crippen LogP contribution in [0, 0.1) is 19.7 Å². The zero-order chi connectivity index (χ0) is 15.0. The summed E-state index contributed by atoms with van der Waals surface area (Å²) >= 11 is 5.93. The zero-order valence-electron chi connectivity index (χ0n) is 10.8. The van der Waals surface area contributed by atoms with Crippen molar-refractivity contribution in [2.75, 3.05) is 0 Å². The van der Waals surface area contributed by atoms with Crippen molar-refractivity contribution in [3.05, 3.63) is 62.3 Å². The Labute approximate surface area is 119 Å². The molecule has 20 heavy (non-hydrogen) atoms. The Morgan fingerprint density at radius 2 is 2.00 bits per heavy atom. The lowest BCUT2D eigenvalue weighted by molar-refractivity contribution is 0.0694. The molecule has 0 unspecified atom stereocenters. The van der Waals surface area contributed by atoms with Gasteiger partial charge in [0, 0.05) is 11.8 Å². The fraction of sp³-hybridized carbons (Fsp3) is 0.143. The van der Waals surface area contributed by atoms with E-state index >= 15 is 0 Å². The standard InChI is InChI=1S/C14H11ClFNO3/c1-7-6-11(18)17(8(2)12(7)14(19)20)13-9(15)4-3-5-10(13)16/h3-6H,1-2H3,(H,19,20). The van der Waals surface area contributed by atoms with Crippen LogP contribution >= 0.6 is 11.6 Å². The fourth-order valence-electron chi connectivity index (χ4n) is 2.19. The number of benzene rings is 1. The highest BCUT2D eigenvalue weighted by molar-refractivity contribution is 6.32. The second-order valence-corrected chi connectivity index (χ2v) is 4.74. The number of carbonyl (C=O) groups is 1. The monoisotopic (exact) mass is 295 g/mol. The van der Waals surface area contributed by atoms with Gasteiger partial charge in [-0.2, -0.15) is 0 Å². The van der Waals surface area contributed by atoms with E-state index in [0.29, 0.717) is 5.56 Å². The number of nitrogens with zero attached hydrogens (tertiary/aromatic N) is 1. The molecule has 104 valence electrons. The van der Waals surface area contributed by atoms with Crippen LogP contribution in [-0.4, -0.2) is 15.6 Å². The van der Waals surface area contributed by atoms with E-state index < -0.39 is 17.3 Å². The number of carboxylic acid groups (broad SMARTS) is 1. The highest BCUT2D eigenvalue weighted by Crippen LogP contribution is 2.25. The van der Waals surface area contributed by atoms with Crippen molar-refractivity contribution in [1.29, 1.82) is 0 Å². The molecule has 0 saturated heterocycles. The predicted molar refractivity (Wildman–Crippen MR) is 73.4 cm³/mol. The van der Waals surface area contributed by atoms with Crippen molar-refractivity contribution in [3.63, 3.8) is 0 Å². The topological polar surface area (TPSA) is 59.3 Å². The summed E-state index contributed by atoms with van der Waals surface area (Å²) < 4.78 is 14.9. The van der Waals surface area contributed by atoms with Crippen molar-refractivity contribution < 1.29 is 14.3 Å². The van der Waals surface area contributed by atoms with Crippen LogP contribution in [-0.2, 0) is 0 Å². The summed E-state index contributed by atoms with van der Waals surface area (Å²) in [5.74, 6) is -1.87. The number of aromatic nitrogens is 1. The molecule has 2 rings (SSSR count). The van der Waals surface area contributed by atoms with Gasteiger partial charge in [-0.1, -0.05) is 17.7 Å². The van der Waals surface area contributed by atoms with Gasteiger partial charge in [-0.05, 0) is 31.5 Å². The lowest BCUT2D eigenvalue weighted by atomic mass is 10.1. The number of carboxylic acids is 1. The maximum absolute atomic E-state index is 13.9. The molecule has 1 aromatic carbocycles. The first-order valence-corrected chi connectivity index (χ1v) is 6.13. The molecule has 1 N–H and O–H groups in total. The summed E-state index contributed by atoms with van der Waals surface area (Å²) in [4.78, 5) is 23.4. The van der Waals surface area contributed by atoms with E-state index in [1.807, 2.05) is 0 Å². The van der Waals surface area contributed by atoms with E-state index in [-0.39, 0.29) is 22.0 Å². The van der Waals surface area contributed by atoms with Crippen molar-refractivity contribution >= 4 is 17.6 Å². The van der Waals surface area contributed by atoms with Crippen molar-refractivity contribution in [2.24, 2.45) is 0 Å². The summed E-state index contributed by atoms with van der Waals surface area (Å²) in [6, 6.07) is 5.16. The first-order chi connectivity index (χ1) is 9.34. The van der Waals surface area contributed by atoms with E-state index in [2.05, 4.69) is 0 Å². The third-order valence-corrected chi connectivity index (χ3v) is 3.33. The Bertz CT molecular complexity index is 747. The number of aryl methyl sites for hydroxylation is 1. The number of halogens is 2. The predicted octanol–water partition coefficient (Wildman–Crippen LogP) is 2.95. The Morgan fingerprint density at radius 3 is 2.55 bits per heavy atom. The molecule has 6 heteroatoms. The second kappa shape index (κ2) is 5.09. The van der Waals surface area contributed by atoms with E-state index in [0.717, 1.165) is 16.7 Å². The lowest BCUT2D eigenvalue weighted by Crippen LogP contribution is -2.25. The largest absolute Gasteiger partial charge is 0.478 e. The molecule has 0 fully saturated rings. The van der Waals surface area contributed by atoms with Crippen LogP contribution in [0.2, 0.25) is 5.02 Å². The first kappa shape index (κ1) is 14.3.